The van der Waals surface area contributed by atoms with Crippen LogP contribution in [0.1, 0.15) is 12.5 Å². The van der Waals surface area contributed by atoms with Gasteiger partial charge in [0.1, 0.15) is 5.82 Å². The summed E-state index contributed by atoms with van der Waals surface area (Å²) in [6.07, 6.45) is -0.853. The lowest BCUT2D eigenvalue weighted by Gasteiger charge is -2.05. The van der Waals surface area contributed by atoms with Crippen LogP contribution in [0.3, 0.4) is 0 Å². The summed E-state index contributed by atoms with van der Waals surface area (Å²) in [4.78, 5) is 9.86. The molecule has 1 aromatic carbocycles. The first-order valence-corrected chi connectivity index (χ1v) is 4.12. The van der Waals surface area contributed by atoms with E-state index >= 15 is 0 Å². The molecule has 1 atom stereocenters. The number of hydrogen-bond donors (Lipinski definition) is 1. The van der Waals surface area contributed by atoms with Crippen molar-refractivity contribution in [1.82, 2.24) is 0 Å². The standard InChI is InChI=1S/C9H10FNO3/c1-6(12)5-7-8(10)3-2-4-9(7)11(13)14/h2-4,6,12H,5H2,1H3/t6-/m0/s1. The fourth-order valence-corrected chi connectivity index (χ4v) is 1.22. The van der Waals surface area contributed by atoms with Crippen molar-refractivity contribution in [1.29, 1.82) is 0 Å². The van der Waals surface area contributed by atoms with E-state index in [1.807, 2.05) is 0 Å². The van der Waals surface area contributed by atoms with Gasteiger partial charge in [-0.15, -0.1) is 0 Å². The van der Waals surface area contributed by atoms with Gasteiger partial charge in [-0.05, 0) is 13.0 Å². The SMILES string of the molecule is C[C@H](O)Cc1c(F)cccc1[N+](=O)[O-]. The molecule has 1 aromatic rings. The molecular formula is C9H10FNO3. The molecule has 76 valence electrons. The summed E-state index contributed by atoms with van der Waals surface area (Å²) >= 11 is 0. The molecule has 0 spiro atoms. The Morgan fingerprint density at radius 2 is 2.29 bits per heavy atom. The zero-order valence-corrected chi connectivity index (χ0v) is 7.61. The molecular weight excluding hydrogens is 189 g/mol. The van der Waals surface area contributed by atoms with Gasteiger partial charge in [0.25, 0.3) is 5.69 Å². The van der Waals surface area contributed by atoms with E-state index in [0.29, 0.717) is 0 Å². The third-order valence-corrected chi connectivity index (χ3v) is 1.79. The highest BCUT2D eigenvalue weighted by Crippen LogP contribution is 2.22. The first kappa shape index (κ1) is 10.6. The number of rotatable bonds is 3. The van der Waals surface area contributed by atoms with Gasteiger partial charge < -0.3 is 5.11 Å². The number of hydrogen-bond acceptors (Lipinski definition) is 3. The summed E-state index contributed by atoms with van der Waals surface area (Å²) in [6, 6.07) is 3.64. The molecule has 1 N–H and O–H groups in total. The summed E-state index contributed by atoms with van der Waals surface area (Å²) in [7, 11) is 0. The first-order valence-electron chi connectivity index (χ1n) is 4.12. The normalized spacial score (nSPS) is 12.5. The average molecular weight is 199 g/mol. The second kappa shape index (κ2) is 4.15. The molecule has 0 saturated carbocycles. The van der Waals surface area contributed by atoms with Crippen LogP contribution >= 0.6 is 0 Å². The average Bonchev–Trinajstić information content (AvgIpc) is 2.07. The molecule has 0 amide bonds. The van der Waals surface area contributed by atoms with Crippen LogP contribution in [0.2, 0.25) is 0 Å². The molecule has 0 aliphatic rings. The summed E-state index contributed by atoms with van der Waals surface area (Å²) < 4.78 is 13.2. The van der Waals surface area contributed by atoms with E-state index in [-0.39, 0.29) is 17.7 Å². The molecule has 14 heavy (non-hydrogen) atoms. The molecule has 0 fully saturated rings. The second-order valence-electron chi connectivity index (χ2n) is 3.05. The quantitative estimate of drug-likeness (QED) is 0.594. The Labute approximate surface area is 80.1 Å². The smallest absolute Gasteiger partial charge is 0.275 e. The summed E-state index contributed by atoms with van der Waals surface area (Å²) in [5.74, 6) is -0.653. The Bertz CT molecular complexity index is 352. The molecule has 1 rings (SSSR count). The highest BCUT2D eigenvalue weighted by molar-refractivity contribution is 5.41. The second-order valence-corrected chi connectivity index (χ2v) is 3.05. The Balaban J connectivity index is 3.15. The molecule has 4 nitrogen and oxygen atoms in total. The zero-order chi connectivity index (χ0) is 10.7. The lowest BCUT2D eigenvalue weighted by Crippen LogP contribution is -2.08. The van der Waals surface area contributed by atoms with Gasteiger partial charge in [-0.2, -0.15) is 0 Å². The highest BCUT2D eigenvalue weighted by atomic mass is 19.1. The number of nitrogens with zero attached hydrogens (tertiary/aromatic N) is 1. The van der Waals surface area contributed by atoms with Gasteiger partial charge in [0.15, 0.2) is 0 Å². The zero-order valence-electron chi connectivity index (χ0n) is 7.61. The maximum Gasteiger partial charge on any atom is 0.275 e. The summed E-state index contributed by atoms with van der Waals surface area (Å²) in [5.41, 5.74) is -0.335. The van der Waals surface area contributed by atoms with Gasteiger partial charge in [0, 0.05) is 12.5 Å². The molecule has 5 heteroatoms. The minimum atomic E-state index is -0.800. The predicted molar refractivity (Wildman–Crippen MR) is 48.4 cm³/mol. The van der Waals surface area contributed by atoms with Crippen molar-refractivity contribution in [3.63, 3.8) is 0 Å². The van der Waals surface area contributed by atoms with E-state index in [1.54, 1.807) is 0 Å². The van der Waals surface area contributed by atoms with Crippen LogP contribution in [0, 0.1) is 15.9 Å². The fraction of sp³-hybridized carbons (Fsp3) is 0.333. The van der Waals surface area contributed by atoms with E-state index in [4.69, 9.17) is 5.11 Å². The van der Waals surface area contributed by atoms with E-state index in [0.717, 1.165) is 6.07 Å². The van der Waals surface area contributed by atoms with Crippen molar-refractivity contribution >= 4 is 5.69 Å². The number of aliphatic hydroxyl groups excluding tert-OH is 1. The van der Waals surface area contributed by atoms with Crippen molar-refractivity contribution in [2.45, 2.75) is 19.4 Å². The number of halogens is 1. The van der Waals surface area contributed by atoms with Crippen LogP contribution in [0.4, 0.5) is 10.1 Å². The fourth-order valence-electron chi connectivity index (χ4n) is 1.22. The van der Waals surface area contributed by atoms with Gasteiger partial charge in [-0.1, -0.05) is 6.07 Å². The predicted octanol–water partition coefficient (Wildman–Crippen LogP) is 1.66. The van der Waals surface area contributed by atoms with Crippen LogP contribution in [-0.4, -0.2) is 16.1 Å². The van der Waals surface area contributed by atoms with Crippen LogP contribution in [-0.2, 0) is 6.42 Å². The molecule has 0 aliphatic heterocycles. The number of aliphatic hydroxyl groups is 1. The van der Waals surface area contributed by atoms with E-state index in [1.165, 1.54) is 19.1 Å². The Morgan fingerprint density at radius 3 is 2.79 bits per heavy atom. The highest BCUT2D eigenvalue weighted by Gasteiger charge is 2.18. The largest absolute Gasteiger partial charge is 0.393 e. The van der Waals surface area contributed by atoms with E-state index in [2.05, 4.69) is 0 Å². The van der Waals surface area contributed by atoms with Gasteiger partial charge in [-0.3, -0.25) is 10.1 Å². The summed E-state index contributed by atoms with van der Waals surface area (Å²) in [6.45, 7) is 1.45. The van der Waals surface area contributed by atoms with Crippen molar-refractivity contribution in [2.24, 2.45) is 0 Å². The van der Waals surface area contributed by atoms with Crippen LogP contribution < -0.4 is 0 Å². The van der Waals surface area contributed by atoms with E-state index < -0.39 is 16.8 Å². The van der Waals surface area contributed by atoms with Crippen LogP contribution in [0.15, 0.2) is 18.2 Å². The van der Waals surface area contributed by atoms with Crippen LogP contribution in [0.5, 0.6) is 0 Å². The maximum atomic E-state index is 13.2. The topological polar surface area (TPSA) is 63.4 Å². The van der Waals surface area contributed by atoms with Crippen molar-refractivity contribution in [3.05, 3.63) is 39.7 Å². The Morgan fingerprint density at radius 1 is 1.64 bits per heavy atom. The molecule has 0 radical (unpaired) electrons. The van der Waals surface area contributed by atoms with Gasteiger partial charge in [0.05, 0.1) is 16.6 Å². The third-order valence-electron chi connectivity index (χ3n) is 1.79. The molecule has 0 aliphatic carbocycles. The molecule has 0 unspecified atom stereocenters. The lowest BCUT2D eigenvalue weighted by molar-refractivity contribution is -0.385. The number of nitro benzene ring substituents is 1. The van der Waals surface area contributed by atoms with Gasteiger partial charge >= 0.3 is 0 Å². The number of nitro groups is 1. The minimum Gasteiger partial charge on any atom is -0.393 e. The van der Waals surface area contributed by atoms with Gasteiger partial charge in [-0.25, -0.2) is 4.39 Å². The maximum absolute atomic E-state index is 13.2. The first-order chi connectivity index (χ1) is 6.52. The lowest BCUT2D eigenvalue weighted by atomic mass is 10.1. The monoisotopic (exact) mass is 199 g/mol. The van der Waals surface area contributed by atoms with Crippen molar-refractivity contribution in [2.75, 3.05) is 0 Å². The Kier molecular flexibility index (Phi) is 3.14. The molecule has 0 bridgehead atoms. The van der Waals surface area contributed by atoms with Gasteiger partial charge in [0.2, 0.25) is 0 Å². The van der Waals surface area contributed by atoms with E-state index in [9.17, 15) is 14.5 Å². The van der Waals surface area contributed by atoms with Crippen molar-refractivity contribution < 1.29 is 14.4 Å². The minimum absolute atomic E-state index is 0.0486. The number of benzene rings is 1. The van der Waals surface area contributed by atoms with Crippen LogP contribution in [0.25, 0.3) is 0 Å². The molecule has 0 saturated heterocycles. The third kappa shape index (κ3) is 2.26. The molecule has 0 heterocycles. The summed E-state index contributed by atoms with van der Waals surface area (Å²) in [5, 5.41) is 19.6. The Hall–Kier alpha value is -1.49. The van der Waals surface area contributed by atoms with Crippen molar-refractivity contribution in [3.8, 4) is 0 Å². The molecule has 0 aromatic heterocycles.